The Hall–Kier alpha value is -2.27. The highest BCUT2D eigenvalue weighted by atomic mass is 19.2. The summed E-state index contributed by atoms with van der Waals surface area (Å²) in [4.78, 5) is 14.7. The lowest BCUT2D eigenvalue weighted by molar-refractivity contribution is 0.102. The highest BCUT2D eigenvalue weighted by Gasteiger charge is 2.16. The number of benzene rings is 2. The predicted molar refractivity (Wildman–Crippen MR) is 94.4 cm³/mol. The molecule has 0 aromatic heterocycles. The van der Waals surface area contributed by atoms with E-state index in [0.29, 0.717) is 5.56 Å². The number of carbonyl (C=O) groups excluding carboxylic acids is 1. The first-order chi connectivity index (χ1) is 12.0. The van der Waals surface area contributed by atoms with E-state index in [-0.39, 0.29) is 11.6 Å². The highest BCUT2D eigenvalue weighted by molar-refractivity contribution is 6.04. The van der Waals surface area contributed by atoms with Crippen molar-refractivity contribution in [2.75, 3.05) is 18.4 Å². The van der Waals surface area contributed by atoms with Crippen LogP contribution in [0.25, 0.3) is 0 Å². The van der Waals surface area contributed by atoms with Gasteiger partial charge in [-0.1, -0.05) is 19.1 Å². The Bertz CT molecular complexity index is 746. The molecule has 1 aliphatic heterocycles. The first kappa shape index (κ1) is 17.5. The summed E-state index contributed by atoms with van der Waals surface area (Å²) in [5, 5.41) is 2.58. The summed E-state index contributed by atoms with van der Waals surface area (Å²) in [6.45, 7) is 5.38. The smallest absolute Gasteiger partial charge is 0.255 e. The van der Waals surface area contributed by atoms with Crippen molar-refractivity contribution in [1.29, 1.82) is 0 Å². The van der Waals surface area contributed by atoms with Crippen LogP contribution in [0.3, 0.4) is 0 Å². The molecule has 0 bridgehead atoms. The van der Waals surface area contributed by atoms with Crippen molar-refractivity contribution in [3.8, 4) is 0 Å². The molecule has 1 saturated heterocycles. The predicted octanol–water partition coefficient (Wildman–Crippen LogP) is 4.45. The van der Waals surface area contributed by atoms with Crippen LogP contribution in [0.1, 0.15) is 35.7 Å². The number of rotatable bonds is 4. The third-order valence-electron chi connectivity index (χ3n) is 4.54. The SMILES string of the molecule is C[C@@H]1CCCN(Cc2ccc(C(=O)Nc3ccc(F)c(F)c3)cc2)C1. The molecule has 1 amide bonds. The zero-order valence-corrected chi connectivity index (χ0v) is 14.3. The molecule has 25 heavy (non-hydrogen) atoms. The maximum atomic E-state index is 13.2. The van der Waals surface area contributed by atoms with E-state index in [9.17, 15) is 13.6 Å². The third kappa shape index (κ3) is 4.63. The molecule has 1 N–H and O–H groups in total. The van der Waals surface area contributed by atoms with Gasteiger partial charge in [0.1, 0.15) is 0 Å². The van der Waals surface area contributed by atoms with E-state index in [1.807, 2.05) is 12.1 Å². The van der Waals surface area contributed by atoms with E-state index in [1.54, 1.807) is 12.1 Å². The van der Waals surface area contributed by atoms with Gasteiger partial charge >= 0.3 is 0 Å². The molecule has 3 rings (SSSR count). The van der Waals surface area contributed by atoms with Gasteiger partial charge in [0.15, 0.2) is 11.6 Å². The summed E-state index contributed by atoms with van der Waals surface area (Å²) in [5.41, 5.74) is 1.88. The maximum Gasteiger partial charge on any atom is 0.255 e. The van der Waals surface area contributed by atoms with Gasteiger partial charge < -0.3 is 5.32 Å². The van der Waals surface area contributed by atoms with Crippen molar-refractivity contribution in [1.82, 2.24) is 4.90 Å². The van der Waals surface area contributed by atoms with Gasteiger partial charge in [-0.2, -0.15) is 0 Å². The molecule has 3 nitrogen and oxygen atoms in total. The first-order valence-corrected chi connectivity index (χ1v) is 8.59. The molecule has 0 aliphatic carbocycles. The van der Waals surface area contributed by atoms with Gasteiger partial charge in [-0.05, 0) is 55.1 Å². The highest BCUT2D eigenvalue weighted by Crippen LogP contribution is 2.19. The van der Waals surface area contributed by atoms with Crippen molar-refractivity contribution in [2.24, 2.45) is 5.92 Å². The minimum absolute atomic E-state index is 0.232. The van der Waals surface area contributed by atoms with Gasteiger partial charge in [0.2, 0.25) is 0 Å². The molecule has 0 unspecified atom stereocenters. The number of piperidine rings is 1. The number of anilines is 1. The summed E-state index contributed by atoms with van der Waals surface area (Å²) in [7, 11) is 0. The number of amides is 1. The van der Waals surface area contributed by atoms with Gasteiger partial charge in [-0.15, -0.1) is 0 Å². The molecule has 1 atom stereocenters. The molecule has 2 aromatic rings. The van der Waals surface area contributed by atoms with Gasteiger partial charge in [-0.25, -0.2) is 8.78 Å². The number of nitrogens with zero attached hydrogens (tertiary/aromatic N) is 1. The number of likely N-dealkylation sites (tertiary alicyclic amines) is 1. The van der Waals surface area contributed by atoms with E-state index < -0.39 is 11.6 Å². The number of carbonyl (C=O) groups is 1. The van der Waals surface area contributed by atoms with Crippen LogP contribution in [-0.2, 0) is 6.54 Å². The maximum absolute atomic E-state index is 13.2. The molecule has 0 radical (unpaired) electrons. The zero-order valence-electron chi connectivity index (χ0n) is 14.3. The lowest BCUT2D eigenvalue weighted by Gasteiger charge is -2.30. The third-order valence-corrected chi connectivity index (χ3v) is 4.54. The lowest BCUT2D eigenvalue weighted by Crippen LogP contribution is -2.33. The average Bonchev–Trinajstić information content (AvgIpc) is 2.59. The molecule has 0 spiro atoms. The van der Waals surface area contributed by atoms with Crippen molar-refractivity contribution >= 4 is 11.6 Å². The summed E-state index contributed by atoms with van der Waals surface area (Å²) in [5.74, 6) is -1.53. The molecule has 1 aliphatic rings. The van der Waals surface area contributed by atoms with Crippen LogP contribution in [0, 0.1) is 17.6 Å². The van der Waals surface area contributed by atoms with Gasteiger partial charge in [0, 0.05) is 30.4 Å². The Morgan fingerprint density at radius 2 is 1.92 bits per heavy atom. The van der Waals surface area contributed by atoms with Gasteiger partial charge in [-0.3, -0.25) is 9.69 Å². The van der Waals surface area contributed by atoms with Crippen molar-refractivity contribution < 1.29 is 13.6 Å². The fourth-order valence-corrected chi connectivity index (χ4v) is 3.23. The average molecular weight is 344 g/mol. The summed E-state index contributed by atoms with van der Waals surface area (Å²) >= 11 is 0. The molecule has 132 valence electrons. The molecular formula is C20H22F2N2O. The first-order valence-electron chi connectivity index (χ1n) is 8.59. The number of halogens is 2. The Kier molecular flexibility index (Phi) is 5.43. The van der Waals surface area contributed by atoms with Crippen LogP contribution in [0.15, 0.2) is 42.5 Å². The second-order valence-corrected chi connectivity index (χ2v) is 6.76. The van der Waals surface area contributed by atoms with E-state index in [1.165, 1.54) is 24.5 Å². The molecule has 0 saturated carbocycles. The normalized spacial score (nSPS) is 18.1. The molecule has 1 fully saturated rings. The van der Waals surface area contributed by atoms with Crippen LogP contribution in [0.4, 0.5) is 14.5 Å². The van der Waals surface area contributed by atoms with Crippen LogP contribution in [-0.4, -0.2) is 23.9 Å². The molecule has 2 aromatic carbocycles. The van der Waals surface area contributed by atoms with E-state index in [2.05, 4.69) is 17.1 Å². The van der Waals surface area contributed by atoms with Crippen molar-refractivity contribution in [3.05, 3.63) is 65.2 Å². The Morgan fingerprint density at radius 1 is 1.16 bits per heavy atom. The summed E-state index contributed by atoms with van der Waals surface area (Å²) < 4.78 is 26.1. The Balaban J connectivity index is 1.61. The number of hydrogen-bond acceptors (Lipinski definition) is 2. The van der Waals surface area contributed by atoms with E-state index in [4.69, 9.17) is 0 Å². The summed E-state index contributed by atoms with van der Waals surface area (Å²) in [6.07, 6.45) is 2.52. The van der Waals surface area contributed by atoms with Crippen molar-refractivity contribution in [3.63, 3.8) is 0 Å². The van der Waals surface area contributed by atoms with Crippen LogP contribution in [0.2, 0.25) is 0 Å². The fraction of sp³-hybridized carbons (Fsp3) is 0.350. The molecule has 1 heterocycles. The second-order valence-electron chi connectivity index (χ2n) is 6.76. The van der Waals surface area contributed by atoms with E-state index >= 15 is 0 Å². The lowest BCUT2D eigenvalue weighted by atomic mass is 9.99. The van der Waals surface area contributed by atoms with E-state index in [0.717, 1.165) is 37.7 Å². The monoisotopic (exact) mass is 344 g/mol. The van der Waals surface area contributed by atoms with Crippen LogP contribution in [0.5, 0.6) is 0 Å². The second kappa shape index (κ2) is 7.74. The van der Waals surface area contributed by atoms with Gasteiger partial charge in [0.25, 0.3) is 5.91 Å². The summed E-state index contributed by atoms with van der Waals surface area (Å²) in [6, 6.07) is 10.7. The zero-order chi connectivity index (χ0) is 17.8. The fourth-order valence-electron chi connectivity index (χ4n) is 3.23. The van der Waals surface area contributed by atoms with Crippen molar-refractivity contribution in [2.45, 2.75) is 26.3 Å². The quantitative estimate of drug-likeness (QED) is 0.889. The number of nitrogens with one attached hydrogen (secondary N) is 1. The molecule has 5 heteroatoms. The van der Waals surface area contributed by atoms with Gasteiger partial charge in [0.05, 0.1) is 0 Å². The Morgan fingerprint density at radius 3 is 2.60 bits per heavy atom. The minimum atomic E-state index is -0.982. The Labute approximate surface area is 146 Å². The minimum Gasteiger partial charge on any atom is -0.322 e. The molecular weight excluding hydrogens is 322 g/mol. The van der Waals surface area contributed by atoms with Crippen LogP contribution < -0.4 is 5.32 Å². The topological polar surface area (TPSA) is 32.3 Å². The van der Waals surface area contributed by atoms with Crippen LogP contribution >= 0.6 is 0 Å². The largest absolute Gasteiger partial charge is 0.322 e. The standard InChI is InChI=1S/C20H22F2N2O/c1-14-3-2-10-24(12-14)13-15-4-6-16(7-5-15)20(25)23-17-8-9-18(21)19(22)11-17/h4-9,11,14H,2-3,10,12-13H2,1H3,(H,23,25)/t14-/m1/s1. The number of hydrogen-bond donors (Lipinski definition) is 1.